The Morgan fingerprint density at radius 1 is 0.951 bits per heavy atom. The molecular formula is C27H41N5O9. The van der Waals surface area contributed by atoms with E-state index in [1.807, 2.05) is 0 Å². The average molecular weight is 580 g/mol. The van der Waals surface area contributed by atoms with Crippen LogP contribution in [0, 0.1) is 10.1 Å². The van der Waals surface area contributed by atoms with Crippen molar-refractivity contribution in [3.05, 3.63) is 38.8 Å². The Kier molecular flexibility index (Phi) is 10.3. The number of hydrogen-bond donors (Lipinski definition) is 3. The van der Waals surface area contributed by atoms with Crippen molar-refractivity contribution in [1.29, 1.82) is 0 Å². The molecule has 2 aliphatic carbocycles. The Morgan fingerprint density at radius 2 is 1.46 bits per heavy atom. The fourth-order valence-electron chi connectivity index (χ4n) is 5.94. The number of methoxy groups -OCH3 is 1. The first kappa shape index (κ1) is 31.2. The minimum atomic E-state index is -0.804. The van der Waals surface area contributed by atoms with Crippen molar-refractivity contribution in [3.8, 4) is 5.75 Å². The van der Waals surface area contributed by atoms with Gasteiger partial charge in [-0.15, -0.1) is 0 Å². The van der Waals surface area contributed by atoms with Gasteiger partial charge in [0, 0.05) is 55.8 Å². The number of ether oxygens (including phenoxy) is 5. The molecule has 2 spiro atoms. The second-order valence-electron chi connectivity index (χ2n) is 11.2. The third-order valence-electron chi connectivity index (χ3n) is 8.56. The molecular weight excluding hydrogens is 538 g/mol. The molecule has 2 heterocycles. The Hall–Kier alpha value is -2.71. The molecule has 2 aliphatic heterocycles. The molecule has 2 saturated carbocycles. The van der Waals surface area contributed by atoms with Crippen molar-refractivity contribution in [2.75, 3.05) is 51.9 Å². The highest BCUT2D eigenvalue weighted by atomic mass is 16.7. The zero-order chi connectivity index (χ0) is 29.4. The molecule has 4 aliphatic rings. The maximum atomic E-state index is 11.1. The summed E-state index contributed by atoms with van der Waals surface area (Å²) in [5.41, 5.74) is 7.05. The molecule has 5 rings (SSSR count). The summed E-state index contributed by atoms with van der Waals surface area (Å²) in [4.78, 5) is 13.4. The molecule has 2 saturated heterocycles. The Morgan fingerprint density at radius 3 is 1.93 bits per heavy atom. The van der Waals surface area contributed by atoms with E-state index >= 15 is 0 Å². The number of hydrogen-bond acceptors (Lipinski definition) is 11. The van der Waals surface area contributed by atoms with Gasteiger partial charge in [-0.25, -0.2) is 0 Å². The number of anilines is 1. The van der Waals surface area contributed by atoms with Crippen LogP contribution in [-0.4, -0.2) is 84.5 Å². The number of nitrogens with one attached hydrogen (secondary N) is 1. The monoisotopic (exact) mass is 579 g/mol. The SMILES string of the molecule is COc1ccc([N+](=O)[O-])c(NCCC2(O)CCC3(CC2)OCCO3)c1.[N-]=[N+]=NCCC1(O)CCC2(CC1)OCCO2. The molecule has 0 unspecified atom stereocenters. The van der Waals surface area contributed by atoms with Gasteiger partial charge in [0.15, 0.2) is 11.6 Å². The van der Waals surface area contributed by atoms with Gasteiger partial charge >= 0.3 is 0 Å². The summed E-state index contributed by atoms with van der Waals surface area (Å²) in [6, 6.07) is 4.56. The summed E-state index contributed by atoms with van der Waals surface area (Å²) in [6.45, 7) is 3.30. The molecule has 41 heavy (non-hydrogen) atoms. The first-order chi connectivity index (χ1) is 19.6. The van der Waals surface area contributed by atoms with Crippen molar-refractivity contribution in [2.45, 2.75) is 87.0 Å². The number of aliphatic hydroxyl groups is 2. The number of azide groups is 1. The number of nitrogens with zero attached hydrogens (tertiary/aromatic N) is 4. The molecule has 4 fully saturated rings. The number of nitro groups is 1. The van der Waals surface area contributed by atoms with E-state index in [9.17, 15) is 20.3 Å². The van der Waals surface area contributed by atoms with Crippen LogP contribution in [0.4, 0.5) is 11.4 Å². The molecule has 0 atom stereocenters. The summed E-state index contributed by atoms with van der Waals surface area (Å²) in [5.74, 6) is -0.405. The highest BCUT2D eigenvalue weighted by Crippen LogP contribution is 2.42. The van der Waals surface area contributed by atoms with Gasteiger partial charge < -0.3 is 39.2 Å². The molecule has 0 bridgehead atoms. The normalized spacial score (nSPS) is 25.6. The van der Waals surface area contributed by atoms with Crippen LogP contribution < -0.4 is 10.1 Å². The van der Waals surface area contributed by atoms with Crippen LogP contribution in [0.15, 0.2) is 23.3 Å². The molecule has 0 aromatic heterocycles. The van der Waals surface area contributed by atoms with Gasteiger partial charge in [-0.1, -0.05) is 5.11 Å². The van der Waals surface area contributed by atoms with E-state index in [0.29, 0.717) is 102 Å². The summed E-state index contributed by atoms with van der Waals surface area (Å²) in [7, 11) is 1.51. The maximum absolute atomic E-state index is 11.1. The van der Waals surface area contributed by atoms with E-state index in [1.54, 1.807) is 12.1 Å². The third-order valence-corrected chi connectivity index (χ3v) is 8.56. The van der Waals surface area contributed by atoms with E-state index in [0.717, 1.165) is 12.8 Å². The lowest BCUT2D eigenvalue weighted by Crippen LogP contribution is -2.44. The summed E-state index contributed by atoms with van der Waals surface area (Å²) >= 11 is 0. The molecule has 0 amide bonds. The average Bonchev–Trinajstić information content (AvgIpc) is 3.63. The standard InChI is InChI=1S/C17H24N2O6.C10H17N3O3/c1-23-13-2-3-15(19(21)22)14(12-13)18-9-8-16(20)4-6-17(7-5-16)24-10-11-25-17;11-13-12-6-5-9(14)1-3-10(4-2-9)15-7-8-16-10/h2-3,12,18,20H,4-11H2,1H3;14H,1-8H2. The minimum Gasteiger partial charge on any atom is -0.497 e. The van der Waals surface area contributed by atoms with Gasteiger partial charge in [0.1, 0.15) is 11.4 Å². The summed E-state index contributed by atoms with van der Waals surface area (Å²) in [5, 5.41) is 38.7. The van der Waals surface area contributed by atoms with Crippen molar-refractivity contribution < 1.29 is 38.8 Å². The Bertz CT molecular complexity index is 1060. The van der Waals surface area contributed by atoms with E-state index < -0.39 is 27.7 Å². The van der Waals surface area contributed by atoms with Crippen LogP contribution >= 0.6 is 0 Å². The van der Waals surface area contributed by atoms with Crippen LogP contribution in [0.3, 0.4) is 0 Å². The van der Waals surface area contributed by atoms with Gasteiger partial charge in [-0.3, -0.25) is 10.1 Å². The predicted molar refractivity (Wildman–Crippen MR) is 147 cm³/mol. The number of rotatable bonds is 9. The fourth-order valence-corrected chi connectivity index (χ4v) is 5.94. The van der Waals surface area contributed by atoms with Crippen LogP contribution in [-0.2, 0) is 18.9 Å². The van der Waals surface area contributed by atoms with Crippen LogP contribution in [0.5, 0.6) is 5.75 Å². The van der Waals surface area contributed by atoms with Crippen LogP contribution in [0.25, 0.3) is 10.4 Å². The number of benzene rings is 1. The fraction of sp³-hybridized carbons (Fsp3) is 0.778. The molecule has 0 radical (unpaired) electrons. The van der Waals surface area contributed by atoms with Gasteiger partial charge in [0.05, 0.1) is 49.7 Å². The van der Waals surface area contributed by atoms with Gasteiger partial charge in [-0.2, -0.15) is 0 Å². The van der Waals surface area contributed by atoms with Crippen molar-refractivity contribution >= 4 is 11.4 Å². The zero-order valence-electron chi connectivity index (χ0n) is 23.6. The van der Waals surface area contributed by atoms with E-state index in [2.05, 4.69) is 15.3 Å². The lowest BCUT2D eigenvalue weighted by atomic mass is 9.79. The zero-order valence-corrected chi connectivity index (χ0v) is 23.6. The summed E-state index contributed by atoms with van der Waals surface area (Å²) in [6.07, 6.45) is 6.28. The Balaban J connectivity index is 0.000000208. The minimum absolute atomic E-state index is 0.0110. The second-order valence-corrected chi connectivity index (χ2v) is 11.2. The van der Waals surface area contributed by atoms with E-state index in [1.165, 1.54) is 13.2 Å². The van der Waals surface area contributed by atoms with E-state index in [4.69, 9.17) is 29.2 Å². The first-order valence-electron chi connectivity index (χ1n) is 14.2. The highest BCUT2D eigenvalue weighted by Gasteiger charge is 2.46. The van der Waals surface area contributed by atoms with Crippen LogP contribution in [0.1, 0.15) is 64.2 Å². The number of nitro benzene ring substituents is 1. The topological polar surface area (TPSA) is 191 Å². The van der Waals surface area contributed by atoms with Gasteiger partial charge in [0.25, 0.3) is 5.69 Å². The molecule has 14 nitrogen and oxygen atoms in total. The molecule has 228 valence electrons. The largest absolute Gasteiger partial charge is 0.497 e. The van der Waals surface area contributed by atoms with Crippen molar-refractivity contribution in [2.24, 2.45) is 5.11 Å². The lowest BCUT2D eigenvalue weighted by Gasteiger charge is -2.40. The Labute approximate surface area is 239 Å². The predicted octanol–water partition coefficient (Wildman–Crippen LogP) is 4.19. The maximum Gasteiger partial charge on any atom is 0.292 e. The second kappa shape index (κ2) is 13.5. The molecule has 3 N–H and O–H groups in total. The molecule has 1 aromatic carbocycles. The highest BCUT2D eigenvalue weighted by molar-refractivity contribution is 5.64. The lowest BCUT2D eigenvalue weighted by molar-refractivity contribution is -0.384. The smallest absolute Gasteiger partial charge is 0.292 e. The quantitative estimate of drug-likeness (QED) is 0.126. The van der Waals surface area contributed by atoms with Crippen molar-refractivity contribution in [3.63, 3.8) is 0 Å². The summed E-state index contributed by atoms with van der Waals surface area (Å²) < 4.78 is 27.6. The first-order valence-corrected chi connectivity index (χ1v) is 14.2. The third kappa shape index (κ3) is 8.19. The van der Waals surface area contributed by atoms with E-state index in [-0.39, 0.29) is 5.69 Å². The molecule has 14 heteroatoms. The van der Waals surface area contributed by atoms with Crippen LogP contribution in [0.2, 0.25) is 0 Å². The van der Waals surface area contributed by atoms with Crippen molar-refractivity contribution in [1.82, 2.24) is 0 Å². The molecule has 1 aromatic rings. The van der Waals surface area contributed by atoms with Gasteiger partial charge in [0.2, 0.25) is 0 Å². The van der Waals surface area contributed by atoms with Gasteiger partial charge in [-0.05, 0) is 50.1 Å².